The Morgan fingerprint density at radius 3 is 2.31 bits per heavy atom. The van der Waals surface area contributed by atoms with E-state index in [-0.39, 0.29) is 16.2 Å². The van der Waals surface area contributed by atoms with E-state index in [9.17, 15) is 22.8 Å². The number of sulfonamides is 1. The number of ether oxygens (including phenoxy) is 2. The van der Waals surface area contributed by atoms with Crippen LogP contribution in [0.15, 0.2) is 47.4 Å². The minimum absolute atomic E-state index is 0.0168. The van der Waals surface area contributed by atoms with Gasteiger partial charge in [-0.2, -0.15) is 0 Å². The minimum Gasteiger partial charge on any atom is -0.495 e. The molecule has 0 fully saturated rings. The highest BCUT2D eigenvalue weighted by Gasteiger charge is 2.25. The zero-order chi connectivity index (χ0) is 23.9. The first-order valence-corrected chi connectivity index (χ1v) is 11.1. The van der Waals surface area contributed by atoms with Crippen LogP contribution in [0.2, 0.25) is 0 Å². The van der Waals surface area contributed by atoms with Crippen LogP contribution in [0.5, 0.6) is 5.75 Å². The molecule has 0 bridgehead atoms. The minimum atomic E-state index is -4.11. The predicted octanol–water partition coefficient (Wildman–Crippen LogP) is 2.20. The fraction of sp³-hybridized carbons (Fsp3) is 0.286. The van der Waals surface area contributed by atoms with Crippen LogP contribution >= 0.6 is 0 Å². The molecule has 0 unspecified atom stereocenters. The van der Waals surface area contributed by atoms with Gasteiger partial charge in [0.05, 0.1) is 12.7 Å². The Kier molecular flexibility index (Phi) is 8.19. The second-order valence-corrected chi connectivity index (χ2v) is 8.38. The van der Waals surface area contributed by atoms with Gasteiger partial charge in [0.15, 0.2) is 6.10 Å². The summed E-state index contributed by atoms with van der Waals surface area (Å²) in [4.78, 5) is 35.6. The fourth-order valence-electron chi connectivity index (χ4n) is 2.55. The zero-order valence-corrected chi connectivity index (χ0v) is 18.9. The van der Waals surface area contributed by atoms with Crippen LogP contribution in [0.1, 0.15) is 29.8 Å². The van der Waals surface area contributed by atoms with E-state index >= 15 is 0 Å². The number of nitrogens with one attached hydrogen (secondary N) is 3. The van der Waals surface area contributed by atoms with Crippen molar-refractivity contribution in [2.45, 2.75) is 31.8 Å². The smallest absolute Gasteiger partial charge is 0.338 e. The summed E-state index contributed by atoms with van der Waals surface area (Å²) in [6.45, 7) is 5.14. The lowest BCUT2D eigenvalue weighted by Gasteiger charge is -2.15. The highest BCUT2D eigenvalue weighted by Crippen LogP contribution is 2.27. The van der Waals surface area contributed by atoms with Crippen molar-refractivity contribution in [3.8, 4) is 5.75 Å². The number of imide groups is 1. The van der Waals surface area contributed by atoms with E-state index < -0.39 is 34.0 Å². The van der Waals surface area contributed by atoms with Crippen molar-refractivity contribution in [3.05, 3.63) is 53.6 Å². The SMILES string of the molecule is CCNC(=O)NC(=O)[C@H](C)OC(=O)c1ccc(OC)c(S(=O)(=O)Nc2ccc(C)cc2)c1. The molecule has 0 saturated heterocycles. The van der Waals surface area contributed by atoms with Crippen LogP contribution in [0.3, 0.4) is 0 Å². The Morgan fingerprint density at radius 2 is 1.72 bits per heavy atom. The van der Waals surface area contributed by atoms with Crippen molar-refractivity contribution in [2.24, 2.45) is 0 Å². The van der Waals surface area contributed by atoms with Crippen LogP contribution < -0.4 is 20.1 Å². The lowest BCUT2D eigenvalue weighted by atomic mass is 10.2. The number of methoxy groups -OCH3 is 1. The summed E-state index contributed by atoms with van der Waals surface area (Å²) in [5.74, 6) is -1.76. The van der Waals surface area contributed by atoms with Crippen molar-refractivity contribution in [2.75, 3.05) is 18.4 Å². The molecule has 3 N–H and O–H groups in total. The number of hydrogen-bond acceptors (Lipinski definition) is 7. The van der Waals surface area contributed by atoms with Gasteiger partial charge < -0.3 is 14.8 Å². The molecule has 3 amide bonds. The standard InChI is InChI=1S/C21H25N3O7S/c1-5-22-21(27)23-19(25)14(3)31-20(26)15-8-11-17(30-4)18(12-15)32(28,29)24-16-9-6-13(2)7-10-16/h6-12,14,24H,5H2,1-4H3,(H2,22,23,25,27)/t14-/m0/s1. The van der Waals surface area contributed by atoms with Gasteiger partial charge in [-0.05, 0) is 51.1 Å². The van der Waals surface area contributed by atoms with E-state index in [4.69, 9.17) is 9.47 Å². The lowest BCUT2D eigenvalue weighted by molar-refractivity contribution is -0.127. The van der Waals surface area contributed by atoms with Crippen LogP contribution in [-0.4, -0.2) is 46.1 Å². The van der Waals surface area contributed by atoms with Gasteiger partial charge in [-0.15, -0.1) is 0 Å². The largest absolute Gasteiger partial charge is 0.495 e. The highest BCUT2D eigenvalue weighted by atomic mass is 32.2. The average molecular weight is 464 g/mol. The molecule has 0 aliphatic rings. The summed E-state index contributed by atoms with van der Waals surface area (Å²) in [6, 6.07) is 9.68. The summed E-state index contributed by atoms with van der Waals surface area (Å²) in [5.41, 5.74) is 1.18. The van der Waals surface area contributed by atoms with E-state index in [0.717, 1.165) is 11.6 Å². The first kappa shape index (κ1) is 24.7. The third kappa shape index (κ3) is 6.45. The molecule has 10 nitrogen and oxygen atoms in total. The first-order valence-electron chi connectivity index (χ1n) is 9.64. The normalized spacial score (nSPS) is 11.8. The van der Waals surface area contributed by atoms with Crippen molar-refractivity contribution in [1.82, 2.24) is 10.6 Å². The molecular formula is C21H25N3O7S. The number of carbonyl (C=O) groups excluding carboxylic acids is 3. The van der Waals surface area contributed by atoms with E-state index in [1.807, 2.05) is 12.2 Å². The lowest BCUT2D eigenvalue weighted by Crippen LogP contribution is -2.44. The van der Waals surface area contributed by atoms with Gasteiger partial charge in [0.2, 0.25) is 0 Å². The first-order chi connectivity index (χ1) is 15.1. The molecule has 2 rings (SSSR count). The molecule has 0 heterocycles. The highest BCUT2D eigenvalue weighted by molar-refractivity contribution is 7.92. The van der Waals surface area contributed by atoms with Gasteiger partial charge in [0.25, 0.3) is 15.9 Å². The third-order valence-electron chi connectivity index (χ3n) is 4.22. The quantitative estimate of drug-likeness (QED) is 0.510. The summed E-state index contributed by atoms with van der Waals surface area (Å²) in [6.07, 6.45) is -1.29. The van der Waals surface area contributed by atoms with Gasteiger partial charge in [-0.25, -0.2) is 18.0 Å². The Morgan fingerprint density at radius 1 is 1.06 bits per heavy atom. The molecule has 0 radical (unpaired) electrons. The van der Waals surface area contributed by atoms with Crippen LogP contribution in [-0.2, 0) is 19.6 Å². The van der Waals surface area contributed by atoms with Gasteiger partial charge in [-0.3, -0.25) is 14.8 Å². The molecule has 1 atom stereocenters. The number of benzene rings is 2. The van der Waals surface area contributed by atoms with Crippen LogP contribution in [0.4, 0.5) is 10.5 Å². The number of hydrogen-bond donors (Lipinski definition) is 3. The Bertz CT molecular complexity index is 1100. The fourth-order valence-corrected chi connectivity index (χ4v) is 3.80. The molecule has 0 aromatic heterocycles. The van der Waals surface area contributed by atoms with Gasteiger partial charge in [0, 0.05) is 12.2 Å². The van der Waals surface area contributed by atoms with E-state index in [2.05, 4.69) is 10.0 Å². The summed E-state index contributed by atoms with van der Waals surface area (Å²) >= 11 is 0. The molecule has 2 aromatic carbocycles. The molecule has 172 valence electrons. The second kappa shape index (κ2) is 10.6. The molecule has 0 aliphatic heterocycles. The topological polar surface area (TPSA) is 140 Å². The molecule has 32 heavy (non-hydrogen) atoms. The molecule has 0 aliphatic carbocycles. The maximum atomic E-state index is 12.9. The number of aryl methyl sites for hydroxylation is 1. The molecule has 2 aromatic rings. The monoisotopic (exact) mass is 463 g/mol. The maximum absolute atomic E-state index is 12.9. The van der Waals surface area contributed by atoms with Crippen LogP contribution in [0, 0.1) is 6.92 Å². The van der Waals surface area contributed by atoms with E-state index in [1.54, 1.807) is 31.2 Å². The number of esters is 1. The maximum Gasteiger partial charge on any atom is 0.338 e. The molecular weight excluding hydrogens is 438 g/mol. The second-order valence-electron chi connectivity index (χ2n) is 6.73. The van der Waals surface area contributed by atoms with Crippen LogP contribution in [0.25, 0.3) is 0 Å². The van der Waals surface area contributed by atoms with Gasteiger partial charge in [0.1, 0.15) is 10.6 Å². The van der Waals surface area contributed by atoms with Crippen molar-refractivity contribution >= 4 is 33.6 Å². The number of amides is 3. The van der Waals surface area contributed by atoms with Gasteiger partial charge in [-0.1, -0.05) is 17.7 Å². The summed E-state index contributed by atoms with van der Waals surface area (Å²) in [5, 5.41) is 4.41. The Hall–Kier alpha value is -3.60. The summed E-state index contributed by atoms with van der Waals surface area (Å²) in [7, 11) is -2.81. The summed E-state index contributed by atoms with van der Waals surface area (Å²) < 4.78 is 38.4. The predicted molar refractivity (Wildman–Crippen MR) is 117 cm³/mol. The number of urea groups is 1. The average Bonchev–Trinajstić information content (AvgIpc) is 2.74. The van der Waals surface area contributed by atoms with Crippen molar-refractivity contribution < 1.29 is 32.3 Å². The molecule has 0 saturated carbocycles. The number of rotatable bonds is 8. The van der Waals surface area contributed by atoms with Crippen molar-refractivity contribution in [1.29, 1.82) is 0 Å². The third-order valence-corrected chi connectivity index (χ3v) is 5.62. The van der Waals surface area contributed by atoms with Crippen molar-refractivity contribution in [3.63, 3.8) is 0 Å². The molecule has 0 spiro atoms. The van der Waals surface area contributed by atoms with E-state index in [0.29, 0.717) is 12.2 Å². The Balaban J connectivity index is 2.22. The van der Waals surface area contributed by atoms with E-state index in [1.165, 1.54) is 26.2 Å². The number of carbonyl (C=O) groups is 3. The zero-order valence-electron chi connectivity index (χ0n) is 18.1. The molecule has 11 heteroatoms. The van der Waals surface area contributed by atoms with Gasteiger partial charge >= 0.3 is 12.0 Å². The Labute approximate surface area is 186 Å². The number of anilines is 1.